The first-order valence-corrected chi connectivity index (χ1v) is 9.61. The van der Waals surface area contributed by atoms with Crippen LogP contribution < -0.4 is 5.32 Å². The predicted molar refractivity (Wildman–Crippen MR) is 120 cm³/mol. The topological polar surface area (TPSA) is 40.1 Å². The molecule has 0 amide bonds. The molecule has 0 aromatic heterocycles. The third-order valence-electron chi connectivity index (χ3n) is 4.75. The standard InChI is InChI=1S/C20H33FN4O.HI/c1-5-22-20(25-12-10-18(11-13-25)26-6-2)23-15-19(24(3)4)16-8-7-9-17(21)14-16;/h7-9,14,18-19H,5-6,10-13,15H2,1-4H3,(H,22,23);1H. The number of piperidine rings is 1. The van der Waals surface area contributed by atoms with E-state index in [1.807, 2.05) is 27.1 Å². The molecule has 7 heteroatoms. The summed E-state index contributed by atoms with van der Waals surface area (Å²) in [4.78, 5) is 9.25. The maximum Gasteiger partial charge on any atom is 0.193 e. The van der Waals surface area contributed by atoms with Gasteiger partial charge in [-0.1, -0.05) is 12.1 Å². The third-order valence-corrected chi connectivity index (χ3v) is 4.75. The highest BCUT2D eigenvalue weighted by Gasteiger charge is 2.22. The van der Waals surface area contributed by atoms with Crippen LogP contribution in [0.2, 0.25) is 0 Å². The van der Waals surface area contributed by atoms with Crippen molar-refractivity contribution in [2.75, 3.05) is 46.9 Å². The molecule has 154 valence electrons. The number of nitrogens with zero attached hydrogens (tertiary/aromatic N) is 3. The van der Waals surface area contributed by atoms with E-state index in [2.05, 4.69) is 22.0 Å². The summed E-state index contributed by atoms with van der Waals surface area (Å²) >= 11 is 0. The Kier molecular flexibility index (Phi) is 11.2. The number of rotatable bonds is 7. The van der Waals surface area contributed by atoms with Crippen molar-refractivity contribution < 1.29 is 9.13 Å². The molecule has 1 aromatic rings. The number of likely N-dealkylation sites (N-methyl/N-ethyl adjacent to an activating group) is 1. The van der Waals surface area contributed by atoms with Crippen LogP contribution in [-0.4, -0.2) is 68.7 Å². The van der Waals surface area contributed by atoms with Crippen LogP contribution >= 0.6 is 24.0 Å². The fourth-order valence-corrected chi connectivity index (χ4v) is 3.35. The number of nitrogens with one attached hydrogen (secondary N) is 1. The van der Waals surface area contributed by atoms with E-state index in [0.717, 1.165) is 50.6 Å². The monoisotopic (exact) mass is 492 g/mol. The van der Waals surface area contributed by atoms with Crippen LogP contribution in [0.5, 0.6) is 0 Å². The molecule has 1 saturated heterocycles. The summed E-state index contributed by atoms with van der Waals surface area (Å²) in [6.45, 7) is 8.22. The van der Waals surface area contributed by atoms with Gasteiger partial charge >= 0.3 is 0 Å². The van der Waals surface area contributed by atoms with Gasteiger partial charge < -0.3 is 19.9 Å². The van der Waals surface area contributed by atoms with Crippen LogP contribution in [0.4, 0.5) is 4.39 Å². The molecule has 0 saturated carbocycles. The Morgan fingerprint density at radius 2 is 2.04 bits per heavy atom. The van der Waals surface area contributed by atoms with Gasteiger partial charge in [0, 0.05) is 26.2 Å². The number of benzene rings is 1. The Morgan fingerprint density at radius 1 is 1.33 bits per heavy atom. The van der Waals surface area contributed by atoms with Crippen molar-refractivity contribution in [2.24, 2.45) is 4.99 Å². The summed E-state index contributed by atoms with van der Waals surface area (Å²) in [5.74, 6) is 0.730. The molecular formula is C20H34FIN4O. The quantitative estimate of drug-likeness (QED) is 0.360. The van der Waals surface area contributed by atoms with Gasteiger partial charge in [-0.25, -0.2) is 4.39 Å². The average molecular weight is 492 g/mol. The molecule has 27 heavy (non-hydrogen) atoms. The van der Waals surface area contributed by atoms with E-state index >= 15 is 0 Å². The number of guanidine groups is 1. The lowest BCUT2D eigenvalue weighted by Crippen LogP contribution is -2.47. The zero-order chi connectivity index (χ0) is 18.9. The molecule has 1 aromatic carbocycles. The van der Waals surface area contributed by atoms with Crippen molar-refractivity contribution in [3.05, 3.63) is 35.6 Å². The van der Waals surface area contributed by atoms with E-state index in [4.69, 9.17) is 9.73 Å². The van der Waals surface area contributed by atoms with E-state index in [9.17, 15) is 4.39 Å². The van der Waals surface area contributed by atoms with E-state index in [1.54, 1.807) is 12.1 Å². The van der Waals surface area contributed by atoms with Crippen molar-refractivity contribution >= 4 is 29.9 Å². The summed E-state index contributed by atoms with van der Waals surface area (Å²) in [6, 6.07) is 6.84. The first kappa shape index (κ1) is 24.1. The molecule has 1 atom stereocenters. The van der Waals surface area contributed by atoms with Gasteiger partial charge in [0.2, 0.25) is 0 Å². The largest absolute Gasteiger partial charge is 0.378 e. The van der Waals surface area contributed by atoms with Crippen molar-refractivity contribution in [1.82, 2.24) is 15.1 Å². The highest BCUT2D eigenvalue weighted by Crippen LogP contribution is 2.20. The second kappa shape index (κ2) is 12.5. The van der Waals surface area contributed by atoms with Gasteiger partial charge in [-0.15, -0.1) is 24.0 Å². The normalized spacial score (nSPS) is 17.0. The smallest absolute Gasteiger partial charge is 0.193 e. The molecule has 1 aliphatic rings. The summed E-state index contributed by atoms with van der Waals surface area (Å²) in [5.41, 5.74) is 0.949. The minimum atomic E-state index is -0.205. The lowest BCUT2D eigenvalue weighted by Gasteiger charge is -2.34. The Balaban J connectivity index is 0.00000364. The Labute approximate surface area is 180 Å². The average Bonchev–Trinajstić information content (AvgIpc) is 2.62. The highest BCUT2D eigenvalue weighted by molar-refractivity contribution is 14.0. The third kappa shape index (κ3) is 7.54. The fraction of sp³-hybridized carbons (Fsp3) is 0.650. The Hall–Kier alpha value is -0.930. The molecule has 0 spiro atoms. The Morgan fingerprint density at radius 3 is 2.59 bits per heavy atom. The van der Waals surface area contributed by atoms with Crippen LogP contribution in [-0.2, 0) is 4.74 Å². The summed E-state index contributed by atoms with van der Waals surface area (Å²) < 4.78 is 19.4. The van der Waals surface area contributed by atoms with Gasteiger partial charge in [-0.05, 0) is 58.5 Å². The maximum atomic E-state index is 13.6. The number of hydrogen-bond donors (Lipinski definition) is 1. The van der Waals surface area contributed by atoms with Gasteiger partial charge in [0.1, 0.15) is 5.82 Å². The van der Waals surface area contributed by atoms with Crippen molar-refractivity contribution in [2.45, 2.75) is 38.8 Å². The molecule has 1 heterocycles. The number of hydrogen-bond acceptors (Lipinski definition) is 3. The van der Waals surface area contributed by atoms with Crippen LogP contribution in [0.3, 0.4) is 0 Å². The second-order valence-electron chi connectivity index (χ2n) is 6.87. The number of ether oxygens (including phenoxy) is 1. The summed E-state index contributed by atoms with van der Waals surface area (Å²) in [6.07, 6.45) is 2.42. The maximum absolute atomic E-state index is 13.6. The summed E-state index contributed by atoms with van der Waals surface area (Å²) in [5, 5.41) is 3.40. The van der Waals surface area contributed by atoms with Gasteiger partial charge in [0.25, 0.3) is 0 Å². The zero-order valence-electron chi connectivity index (χ0n) is 16.9. The van der Waals surface area contributed by atoms with Gasteiger partial charge in [-0.2, -0.15) is 0 Å². The van der Waals surface area contributed by atoms with Gasteiger partial charge in [-0.3, -0.25) is 4.99 Å². The second-order valence-corrected chi connectivity index (χ2v) is 6.87. The van der Waals surface area contributed by atoms with Gasteiger partial charge in [0.05, 0.1) is 18.7 Å². The van der Waals surface area contributed by atoms with Crippen LogP contribution in [0, 0.1) is 5.82 Å². The summed E-state index contributed by atoms with van der Waals surface area (Å²) in [7, 11) is 4.01. The molecule has 1 aliphatic heterocycles. The SMILES string of the molecule is CCNC(=NCC(c1cccc(F)c1)N(C)C)N1CCC(OCC)CC1.I. The minimum absolute atomic E-state index is 0. The first-order chi connectivity index (χ1) is 12.5. The molecule has 5 nitrogen and oxygen atoms in total. The van der Waals surface area contributed by atoms with E-state index in [0.29, 0.717) is 12.6 Å². The molecule has 0 bridgehead atoms. The minimum Gasteiger partial charge on any atom is -0.378 e. The van der Waals surface area contributed by atoms with Crippen LogP contribution in [0.15, 0.2) is 29.3 Å². The number of aliphatic imine (C=N–C) groups is 1. The van der Waals surface area contributed by atoms with E-state index < -0.39 is 0 Å². The molecule has 0 aliphatic carbocycles. The lowest BCUT2D eigenvalue weighted by atomic mass is 10.1. The molecule has 1 fully saturated rings. The van der Waals surface area contributed by atoms with Crippen LogP contribution in [0.1, 0.15) is 38.3 Å². The van der Waals surface area contributed by atoms with E-state index in [1.165, 1.54) is 6.07 Å². The van der Waals surface area contributed by atoms with Crippen molar-refractivity contribution in [1.29, 1.82) is 0 Å². The molecule has 2 rings (SSSR count). The lowest BCUT2D eigenvalue weighted by molar-refractivity contribution is 0.0263. The first-order valence-electron chi connectivity index (χ1n) is 9.61. The highest BCUT2D eigenvalue weighted by atomic mass is 127. The molecular weight excluding hydrogens is 458 g/mol. The predicted octanol–water partition coefficient (Wildman–Crippen LogP) is 3.51. The van der Waals surface area contributed by atoms with E-state index in [-0.39, 0.29) is 35.8 Å². The molecule has 0 radical (unpaired) electrons. The molecule has 1 unspecified atom stereocenters. The van der Waals surface area contributed by atoms with Gasteiger partial charge in [0.15, 0.2) is 5.96 Å². The van der Waals surface area contributed by atoms with Crippen LogP contribution in [0.25, 0.3) is 0 Å². The fourth-order valence-electron chi connectivity index (χ4n) is 3.35. The molecule has 1 N–H and O–H groups in total. The van der Waals surface area contributed by atoms with Crippen molar-refractivity contribution in [3.63, 3.8) is 0 Å². The Bertz CT molecular complexity index is 577. The zero-order valence-corrected chi connectivity index (χ0v) is 19.3. The number of halogens is 2. The van der Waals surface area contributed by atoms with Crippen molar-refractivity contribution in [3.8, 4) is 0 Å². The number of likely N-dealkylation sites (tertiary alicyclic amines) is 1.